The molecule has 2 aromatic rings. The van der Waals surface area contributed by atoms with E-state index in [4.69, 9.17) is 9.88 Å². The SMILES string of the molecule is CNC[C@@H]1COc2c([S@@](N)(=O)=NC(=O)Nc3c4c(cc5c3CCC5)CCC4)cnn2C1. The monoisotopic (exact) mass is 444 g/mol. The van der Waals surface area contributed by atoms with E-state index in [-0.39, 0.29) is 10.8 Å². The molecule has 4 N–H and O–H groups in total. The Balaban J connectivity index is 1.42. The molecule has 0 fully saturated rings. The fraction of sp³-hybridized carbons (Fsp3) is 0.524. The molecule has 166 valence electrons. The number of nitrogens with two attached hydrogens (primary N) is 1. The molecular weight excluding hydrogens is 416 g/mol. The lowest BCUT2D eigenvalue weighted by Gasteiger charge is -2.24. The third-order valence-corrected chi connectivity index (χ3v) is 7.73. The summed E-state index contributed by atoms with van der Waals surface area (Å²) in [6, 6.07) is 1.60. The van der Waals surface area contributed by atoms with Crippen molar-refractivity contribution in [3.63, 3.8) is 0 Å². The van der Waals surface area contributed by atoms with E-state index in [9.17, 15) is 9.00 Å². The molecule has 1 aliphatic heterocycles. The van der Waals surface area contributed by atoms with Crippen LogP contribution in [0.5, 0.6) is 5.88 Å². The quantitative estimate of drug-likeness (QED) is 0.666. The number of amides is 2. The van der Waals surface area contributed by atoms with Crippen LogP contribution in [-0.2, 0) is 42.1 Å². The van der Waals surface area contributed by atoms with Crippen molar-refractivity contribution in [1.29, 1.82) is 0 Å². The first-order chi connectivity index (χ1) is 15.0. The summed E-state index contributed by atoms with van der Waals surface area (Å²) in [6.07, 6.45) is 7.51. The van der Waals surface area contributed by atoms with Gasteiger partial charge in [0.25, 0.3) is 0 Å². The van der Waals surface area contributed by atoms with E-state index < -0.39 is 15.9 Å². The predicted octanol–water partition coefficient (Wildman–Crippen LogP) is 2.02. The van der Waals surface area contributed by atoms with Gasteiger partial charge in [-0.15, -0.1) is 4.36 Å². The number of anilines is 1. The average Bonchev–Trinajstić information content (AvgIpc) is 3.46. The molecule has 0 bridgehead atoms. The highest BCUT2D eigenvalue weighted by molar-refractivity contribution is 7.91. The number of nitrogens with zero attached hydrogens (tertiary/aromatic N) is 3. The highest BCUT2D eigenvalue weighted by Gasteiger charge is 2.29. The number of ether oxygens (including phenoxy) is 1. The van der Waals surface area contributed by atoms with Crippen LogP contribution in [0.15, 0.2) is 21.5 Å². The minimum atomic E-state index is -3.50. The van der Waals surface area contributed by atoms with Crippen LogP contribution in [0.2, 0.25) is 0 Å². The molecule has 0 radical (unpaired) electrons. The zero-order chi connectivity index (χ0) is 21.6. The van der Waals surface area contributed by atoms with Gasteiger partial charge in [-0.2, -0.15) is 5.10 Å². The Kier molecular flexibility index (Phi) is 5.23. The number of benzene rings is 1. The number of urea groups is 1. The molecule has 0 spiro atoms. The molecule has 5 rings (SSSR count). The molecule has 1 aromatic carbocycles. The molecule has 10 heteroatoms. The van der Waals surface area contributed by atoms with Crippen LogP contribution in [0.3, 0.4) is 0 Å². The number of aryl methyl sites for hydroxylation is 2. The number of nitrogens with one attached hydrogen (secondary N) is 2. The normalized spacial score (nSPS) is 20.9. The molecule has 31 heavy (non-hydrogen) atoms. The van der Waals surface area contributed by atoms with Crippen LogP contribution < -0.4 is 20.5 Å². The number of rotatable bonds is 4. The van der Waals surface area contributed by atoms with Crippen LogP contribution >= 0.6 is 0 Å². The van der Waals surface area contributed by atoms with Gasteiger partial charge in [0.2, 0.25) is 5.88 Å². The van der Waals surface area contributed by atoms with Gasteiger partial charge < -0.3 is 15.4 Å². The van der Waals surface area contributed by atoms with Crippen LogP contribution in [-0.4, -0.2) is 40.2 Å². The van der Waals surface area contributed by atoms with Gasteiger partial charge in [-0.1, -0.05) is 6.07 Å². The van der Waals surface area contributed by atoms with Crippen molar-refractivity contribution in [2.75, 3.05) is 25.5 Å². The second-order valence-electron chi connectivity index (χ2n) is 8.55. The maximum atomic E-state index is 13.2. The first-order valence-electron chi connectivity index (χ1n) is 10.8. The van der Waals surface area contributed by atoms with Gasteiger partial charge in [-0.05, 0) is 67.8 Å². The van der Waals surface area contributed by atoms with Gasteiger partial charge in [0, 0.05) is 18.2 Å². The van der Waals surface area contributed by atoms with Crippen LogP contribution in [0.25, 0.3) is 0 Å². The minimum absolute atomic E-state index is 0.161. The zero-order valence-corrected chi connectivity index (χ0v) is 18.5. The Hall–Kier alpha value is -2.43. The molecule has 2 aliphatic carbocycles. The van der Waals surface area contributed by atoms with E-state index in [1.54, 1.807) is 4.68 Å². The summed E-state index contributed by atoms with van der Waals surface area (Å²) in [4.78, 5) is 13.0. The summed E-state index contributed by atoms with van der Waals surface area (Å²) in [5.41, 5.74) is 5.85. The van der Waals surface area contributed by atoms with Gasteiger partial charge in [0.15, 0.2) is 9.92 Å². The topological polar surface area (TPSA) is 124 Å². The average molecular weight is 445 g/mol. The second kappa shape index (κ2) is 7.92. The summed E-state index contributed by atoms with van der Waals surface area (Å²) >= 11 is 0. The molecule has 0 unspecified atom stereocenters. The molecule has 2 heterocycles. The molecule has 0 saturated carbocycles. The summed E-state index contributed by atoms with van der Waals surface area (Å²) in [6.45, 7) is 1.87. The zero-order valence-electron chi connectivity index (χ0n) is 17.6. The highest BCUT2D eigenvalue weighted by Crippen LogP contribution is 2.38. The third kappa shape index (κ3) is 3.72. The van der Waals surface area contributed by atoms with Gasteiger partial charge in [-0.3, -0.25) is 0 Å². The number of hydrogen-bond donors (Lipinski definition) is 3. The summed E-state index contributed by atoms with van der Waals surface area (Å²) in [7, 11) is -1.62. The van der Waals surface area contributed by atoms with Crippen molar-refractivity contribution in [2.45, 2.75) is 50.0 Å². The van der Waals surface area contributed by atoms with Crippen LogP contribution in [0, 0.1) is 5.92 Å². The fourth-order valence-corrected chi connectivity index (χ4v) is 6.01. The van der Waals surface area contributed by atoms with Crippen LogP contribution in [0.4, 0.5) is 10.5 Å². The Morgan fingerprint density at radius 1 is 1.29 bits per heavy atom. The first-order valence-corrected chi connectivity index (χ1v) is 12.4. The van der Waals surface area contributed by atoms with Crippen molar-refractivity contribution in [1.82, 2.24) is 15.1 Å². The third-order valence-electron chi connectivity index (χ3n) is 6.38. The van der Waals surface area contributed by atoms with E-state index in [1.165, 1.54) is 28.5 Å². The largest absolute Gasteiger partial charge is 0.476 e. The second-order valence-corrected chi connectivity index (χ2v) is 10.3. The van der Waals surface area contributed by atoms with Crippen molar-refractivity contribution in [3.05, 3.63) is 34.5 Å². The van der Waals surface area contributed by atoms with Crippen molar-refractivity contribution >= 4 is 21.6 Å². The molecule has 0 saturated heterocycles. The number of aromatic nitrogens is 2. The van der Waals surface area contributed by atoms with E-state index in [1.807, 2.05) is 7.05 Å². The van der Waals surface area contributed by atoms with Crippen molar-refractivity contribution in [3.8, 4) is 5.88 Å². The molecule has 1 aromatic heterocycles. The van der Waals surface area contributed by atoms with Crippen molar-refractivity contribution in [2.24, 2.45) is 15.4 Å². The molecular formula is C21H28N6O3S. The van der Waals surface area contributed by atoms with E-state index in [2.05, 4.69) is 26.2 Å². The first kappa shape index (κ1) is 20.5. The number of carbonyl (C=O) groups excluding carboxylic acids is 1. The van der Waals surface area contributed by atoms with E-state index in [0.717, 1.165) is 50.8 Å². The standard InChI is InChI=1S/C21H28N6O3S/c1-23-9-13-11-27-20(30-12-13)18(10-24-27)31(22,29)26-21(28)25-19-16-6-2-4-14(16)8-15-5-3-7-17(15)19/h8,10,13,23H,2-7,9,11-12H2,1H3,(H3,22,25,26,28,29)/t13-,31-/m0/s1. The maximum Gasteiger partial charge on any atom is 0.354 e. The van der Waals surface area contributed by atoms with Gasteiger partial charge in [-0.25, -0.2) is 18.8 Å². The number of hydrogen-bond acceptors (Lipinski definition) is 5. The lowest BCUT2D eigenvalue weighted by atomic mass is 9.99. The smallest absolute Gasteiger partial charge is 0.354 e. The number of carbonyl (C=O) groups is 1. The number of fused-ring (bicyclic) bond motifs is 3. The molecule has 2 atom stereocenters. The van der Waals surface area contributed by atoms with Crippen LogP contribution in [0.1, 0.15) is 35.1 Å². The predicted molar refractivity (Wildman–Crippen MR) is 118 cm³/mol. The minimum Gasteiger partial charge on any atom is -0.476 e. The summed E-state index contributed by atoms with van der Waals surface area (Å²) in [5.74, 6) is 0.583. The van der Waals surface area contributed by atoms with Gasteiger partial charge in [0.05, 0.1) is 19.3 Å². The maximum absolute atomic E-state index is 13.2. The van der Waals surface area contributed by atoms with Gasteiger partial charge >= 0.3 is 6.03 Å². The molecule has 3 aliphatic rings. The Bertz CT molecular complexity index is 1130. The lowest BCUT2D eigenvalue weighted by molar-refractivity contribution is 0.159. The van der Waals surface area contributed by atoms with Crippen molar-refractivity contribution < 1.29 is 13.7 Å². The molecule has 2 amide bonds. The van der Waals surface area contributed by atoms with E-state index >= 15 is 0 Å². The summed E-state index contributed by atoms with van der Waals surface area (Å²) < 4.78 is 24.5. The lowest BCUT2D eigenvalue weighted by Crippen LogP contribution is -2.33. The molecule has 9 nitrogen and oxygen atoms in total. The Morgan fingerprint density at radius 2 is 2.00 bits per heavy atom. The Morgan fingerprint density at radius 3 is 2.68 bits per heavy atom. The Labute approximate surface area is 182 Å². The summed E-state index contributed by atoms with van der Waals surface area (Å²) in [5, 5.41) is 16.3. The van der Waals surface area contributed by atoms with E-state index in [0.29, 0.717) is 19.0 Å². The fourth-order valence-electron chi connectivity index (χ4n) is 5.01. The van der Waals surface area contributed by atoms with Gasteiger partial charge in [0.1, 0.15) is 4.90 Å². The highest BCUT2D eigenvalue weighted by atomic mass is 32.2.